The summed E-state index contributed by atoms with van der Waals surface area (Å²) in [5, 5.41) is 0. The van der Waals surface area contributed by atoms with Crippen LogP contribution in [0.15, 0.2) is 48.5 Å². The van der Waals surface area contributed by atoms with Gasteiger partial charge in [-0.3, -0.25) is 0 Å². The molecular formula is C29H42Y. The minimum atomic E-state index is 0. The molecule has 30 heavy (non-hydrogen) atoms. The topological polar surface area (TPSA) is 0 Å². The van der Waals surface area contributed by atoms with Crippen molar-refractivity contribution in [3.05, 3.63) is 70.8 Å². The quantitative estimate of drug-likeness (QED) is 0.404. The van der Waals surface area contributed by atoms with Gasteiger partial charge < -0.3 is 0 Å². The van der Waals surface area contributed by atoms with Crippen molar-refractivity contribution in [1.29, 1.82) is 0 Å². The zero-order valence-electron chi connectivity index (χ0n) is 18.6. The van der Waals surface area contributed by atoms with Crippen LogP contribution < -0.4 is 0 Å². The molecule has 0 saturated heterocycles. The standard InChI is InChI=1S/C28H38.CH4.Y/c1-21-3-7-23(8-4-21)19-25-11-15-27(16-12-25)28-17-13-26(14-18-28)20-24-9-5-22(2)6-10-24;;/h3-10,25-28H,11-20H2,1-2H3;1H4;. The van der Waals surface area contributed by atoms with Gasteiger partial charge in [0.05, 0.1) is 0 Å². The number of rotatable bonds is 5. The molecule has 2 saturated carbocycles. The third-order valence-electron chi connectivity index (χ3n) is 7.74. The van der Waals surface area contributed by atoms with E-state index in [4.69, 9.17) is 0 Å². The molecule has 161 valence electrons. The van der Waals surface area contributed by atoms with Crippen LogP contribution in [0.4, 0.5) is 0 Å². The van der Waals surface area contributed by atoms with E-state index in [1.165, 1.54) is 75.3 Å². The predicted octanol–water partition coefficient (Wildman–Crippen LogP) is 8.34. The van der Waals surface area contributed by atoms with Gasteiger partial charge in [-0.05, 0) is 113 Å². The molecule has 0 heterocycles. The smallest absolute Gasteiger partial charge is 0 e. The molecular weight excluding hydrogens is 437 g/mol. The number of hydrogen-bond acceptors (Lipinski definition) is 0. The second kappa shape index (κ2) is 12.5. The van der Waals surface area contributed by atoms with Crippen molar-refractivity contribution in [2.45, 2.75) is 85.5 Å². The van der Waals surface area contributed by atoms with Gasteiger partial charge in [-0.2, -0.15) is 0 Å². The summed E-state index contributed by atoms with van der Waals surface area (Å²) in [7, 11) is 0. The van der Waals surface area contributed by atoms with Crippen LogP contribution in [0.1, 0.15) is 81.0 Å². The molecule has 0 aliphatic heterocycles. The maximum absolute atomic E-state index is 2.34. The van der Waals surface area contributed by atoms with E-state index in [0.29, 0.717) is 0 Å². The van der Waals surface area contributed by atoms with Crippen molar-refractivity contribution in [2.24, 2.45) is 23.7 Å². The largest absolute Gasteiger partial charge is 0.0776 e. The molecule has 1 radical (unpaired) electrons. The van der Waals surface area contributed by atoms with Gasteiger partial charge in [0.15, 0.2) is 0 Å². The third kappa shape index (κ3) is 7.30. The predicted molar refractivity (Wildman–Crippen MR) is 127 cm³/mol. The van der Waals surface area contributed by atoms with Gasteiger partial charge in [-0.1, -0.05) is 67.1 Å². The average Bonchev–Trinajstić information content (AvgIpc) is 2.73. The SMILES string of the molecule is C.Cc1ccc(CC2CCC(C3CCC(Cc4ccc(C)cc4)CC3)CC2)cc1.[Y]. The fourth-order valence-electron chi connectivity index (χ4n) is 5.84. The van der Waals surface area contributed by atoms with E-state index in [9.17, 15) is 0 Å². The zero-order valence-corrected chi connectivity index (χ0v) is 21.4. The van der Waals surface area contributed by atoms with E-state index < -0.39 is 0 Å². The number of hydrogen-bond donors (Lipinski definition) is 0. The summed E-state index contributed by atoms with van der Waals surface area (Å²) >= 11 is 0. The third-order valence-corrected chi connectivity index (χ3v) is 7.74. The van der Waals surface area contributed by atoms with E-state index in [2.05, 4.69) is 62.4 Å². The summed E-state index contributed by atoms with van der Waals surface area (Å²) in [4.78, 5) is 0. The second-order valence-electron chi connectivity index (χ2n) is 9.94. The Morgan fingerprint density at radius 3 is 1.13 bits per heavy atom. The van der Waals surface area contributed by atoms with Gasteiger partial charge in [-0.15, -0.1) is 0 Å². The second-order valence-corrected chi connectivity index (χ2v) is 9.94. The van der Waals surface area contributed by atoms with Crippen molar-refractivity contribution in [3.8, 4) is 0 Å². The first-order chi connectivity index (χ1) is 13.7. The molecule has 2 aromatic carbocycles. The summed E-state index contributed by atoms with van der Waals surface area (Å²) in [6.45, 7) is 4.37. The zero-order chi connectivity index (χ0) is 19.3. The Labute approximate surface area is 211 Å². The van der Waals surface area contributed by atoms with Crippen LogP contribution in [-0.4, -0.2) is 0 Å². The molecule has 4 rings (SSSR count). The van der Waals surface area contributed by atoms with E-state index in [1.807, 2.05) is 0 Å². The molecule has 0 bridgehead atoms. The van der Waals surface area contributed by atoms with Crippen molar-refractivity contribution < 1.29 is 32.7 Å². The molecule has 2 fully saturated rings. The van der Waals surface area contributed by atoms with Crippen LogP contribution in [0, 0.1) is 37.5 Å². The first-order valence-corrected chi connectivity index (χ1v) is 11.8. The Bertz CT molecular complexity index is 648. The van der Waals surface area contributed by atoms with Crippen LogP contribution in [-0.2, 0) is 45.6 Å². The summed E-state index contributed by atoms with van der Waals surface area (Å²) in [6, 6.07) is 18.5. The van der Waals surface area contributed by atoms with Crippen LogP contribution in [0.2, 0.25) is 0 Å². The van der Waals surface area contributed by atoms with E-state index in [-0.39, 0.29) is 40.1 Å². The first-order valence-electron chi connectivity index (χ1n) is 11.8. The molecule has 0 nitrogen and oxygen atoms in total. The molecule has 0 atom stereocenters. The number of benzene rings is 2. The van der Waals surface area contributed by atoms with Crippen molar-refractivity contribution in [3.63, 3.8) is 0 Å². The molecule has 1 heteroatoms. The Morgan fingerprint density at radius 1 is 0.533 bits per heavy atom. The molecule has 0 unspecified atom stereocenters. The molecule has 0 aromatic heterocycles. The van der Waals surface area contributed by atoms with Crippen molar-refractivity contribution in [2.75, 3.05) is 0 Å². The van der Waals surface area contributed by atoms with Gasteiger partial charge >= 0.3 is 0 Å². The van der Waals surface area contributed by atoms with E-state index in [0.717, 1.165) is 23.7 Å². The summed E-state index contributed by atoms with van der Waals surface area (Å²) in [5.74, 6) is 3.90. The Balaban J connectivity index is 0.00000160. The maximum atomic E-state index is 2.34. The fourth-order valence-corrected chi connectivity index (χ4v) is 5.84. The average molecular weight is 480 g/mol. The van der Waals surface area contributed by atoms with Crippen LogP contribution in [0.3, 0.4) is 0 Å². The van der Waals surface area contributed by atoms with Crippen molar-refractivity contribution in [1.82, 2.24) is 0 Å². The van der Waals surface area contributed by atoms with Gasteiger partial charge in [0.2, 0.25) is 0 Å². The van der Waals surface area contributed by atoms with Crippen molar-refractivity contribution >= 4 is 0 Å². The Hall–Kier alpha value is -0.456. The molecule has 0 amide bonds. The summed E-state index contributed by atoms with van der Waals surface area (Å²) < 4.78 is 0. The van der Waals surface area contributed by atoms with Gasteiger partial charge in [-0.25, -0.2) is 0 Å². The maximum Gasteiger partial charge on any atom is 0 e. The van der Waals surface area contributed by atoms with Gasteiger partial charge in [0.25, 0.3) is 0 Å². The summed E-state index contributed by atoms with van der Waals surface area (Å²) in [6.07, 6.45) is 14.4. The monoisotopic (exact) mass is 479 g/mol. The molecule has 0 spiro atoms. The Morgan fingerprint density at radius 2 is 0.833 bits per heavy atom. The number of aryl methyl sites for hydroxylation is 2. The first kappa shape index (κ1) is 25.8. The van der Waals surface area contributed by atoms with E-state index in [1.54, 1.807) is 11.1 Å². The molecule has 2 aliphatic rings. The molecule has 2 aromatic rings. The van der Waals surface area contributed by atoms with E-state index >= 15 is 0 Å². The van der Waals surface area contributed by atoms with Crippen LogP contribution in [0.25, 0.3) is 0 Å². The molecule has 2 aliphatic carbocycles. The van der Waals surface area contributed by atoms with Gasteiger partial charge in [0, 0.05) is 32.7 Å². The minimum absolute atomic E-state index is 0. The van der Waals surface area contributed by atoms with Gasteiger partial charge in [0.1, 0.15) is 0 Å². The fraction of sp³-hybridized carbons (Fsp3) is 0.586. The Kier molecular flexibility index (Phi) is 10.8. The normalized spacial score (nSPS) is 26.3. The molecule has 0 N–H and O–H groups in total. The van der Waals surface area contributed by atoms with Crippen LogP contribution in [0.5, 0.6) is 0 Å². The van der Waals surface area contributed by atoms with Crippen LogP contribution >= 0.6 is 0 Å². The summed E-state index contributed by atoms with van der Waals surface area (Å²) in [5.41, 5.74) is 5.85. The minimum Gasteiger partial charge on any atom is -0.0776 e.